The topological polar surface area (TPSA) is 101 Å². The van der Waals surface area contributed by atoms with Gasteiger partial charge in [-0.05, 0) is 31.2 Å². The Morgan fingerprint density at radius 1 is 1.11 bits per heavy atom. The van der Waals surface area contributed by atoms with Gasteiger partial charge in [0.15, 0.2) is 9.84 Å². The Bertz CT molecular complexity index is 985. The zero-order valence-electron chi connectivity index (χ0n) is 15.8. The molecule has 2 aromatic rings. The lowest BCUT2D eigenvalue weighted by Crippen LogP contribution is -2.41. The maximum Gasteiger partial charge on any atom is 0.266 e. The van der Waals surface area contributed by atoms with Crippen molar-refractivity contribution in [3.05, 3.63) is 52.3 Å². The van der Waals surface area contributed by atoms with Crippen LogP contribution >= 0.6 is 0 Å². The molecule has 0 bridgehead atoms. The normalized spacial score (nSPS) is 16.6. The molecule has 1 aliphatic rings. The predicted octanol–water partition coefficient (Wildman–Crippen LogP) is 0.298. The van der Waals surface area contributed by atoms with Gasteiger partial charge in [-0.15, -0.1) is 0 Å². The van der Waals surface area contributed by atoms with Crippen molar-refractivity contribution < 1.29 is 13.2 Å². The van der Waals surface area contributed by atoms with E-state index in [4.69, 9.17) is 0 Å². The van der Waals surface area contributed by atoms with Crippen LogP contribution in [-0.2, 0) is 16.9 Å². The summed E-state index contributed by atoms with van der Waals surface area (Å²) in [6.07, 6.45) is 0.770. The van der Waals surface area contributed by atoms with E-state index in [1.807, 2.05) is 0 Å². The zero-order valence-corrected chi connectivity index (χ0v) is 16.6. The van der Waals surface area contributed by atoms with Crippen LogP contribution in [0.5, 0.6) is 0 Å². The predicted molar refractivity (Wildman–Crippen MR) is 107 cm³/mol. The highest BCUT2D eigenvalue weighted by molar-refractivity contribution is 7.91. The number of hydrogen-bond acceptors (Lipinski definition) is 6. The first kappa shape index (κ1) is 20.2. The van der Waals surface area contributed by atoms with Gasteiger partial charge in [0, 0.05) is 43.9 Å². The second-order valence-electron chi connectivity index (χ2n) is 6.86. The van der Waals surface area contributed by atoms with E-state index in [9.17, 15) is 18.0 Å². The molecule has 0 unspecified atom stereocenters. The minimum atomic E-state index is -2.86. The van der Waals surface area contributed by atoms with Gasteiger partial charge in [-0.1, -0.05) is 12.1 Å². The Morgan fingerprint density at radius 2 is 1.79 bits per heavy atom. The summed E-state index contributed by atoms with van der Waals surface area (Å²) < 4.78 is 24.1. The van der Waals surface area contributed by atoms with Crippen molar-refractivity contribution in [3.63, 3.8) is 0 Å². The molecule has 150 valence electrons. The number of carbonyl (C=O) groups is 1. The monoisotopic (exact) mass is 404 g/mol. The van der Waals surface area contributed by atoms with E-state index in [0.717, 1.165) is 18.5 Å². The number of nitrogens with one attached hydrogen (secondary N) is 1. The number of carbonyl (C=O) groups excluding carboxylic acids is 1. The number of aromatic nitrogens is 2. The molecule has 1 N–H and O–H groups in total. The standard InChI is InChI=1S/C19H24N4O4S/c1-22-18(24)8-7-17(21-22)15-3-5-16(6-4-15)19(25)20-9-2-10-23-11-13-28(26,27)14-12-23/h3-8H,2,9-14H2,1H3,(H,20,25). The molecular weight excluding hydrogens is 380 g/mol. The fraction of sp³-hybridized carbons (Fsp3) is 0.421. The van der Waals surface area contributed by atoms with E-state index in [1.165, 1.54) is 10.7 Å². The van der Waals surface area contributed by atoms with Gasteiger partial charge >= 0.3 is 0 Å². The van der Waals surface area contributed by atoms with Crippen molar-refractivity contribution in [1.29, 1.82) is 0 Å². The molecule has 1 aromatic heterocycles. The average Bonchev–Trinajstić information content (AvgIpc) is 2.68. The Hall–Kier alpha value is -2.52. The highest BCUT2D eigenvalue weighted by Gasteiger charge is 2.20. The summed E-state index contributed by atoms with van der Waals surface area (Å²) >= 11 is 0. The molecule has 8 nitrogen and oxygen atoms in total. The van der Waals surface area contributed by atoms with Crippen LogP contribution in [0.3, 0.4) is 0 Å². The number of benzene rings is 1. The number of nitrogens with zero attached hydrogens (tertiary/aromatic N) is 3. The van der Waals surface area contributed by atoms with Crippen molar-refractivity contribution in [2.75, 3.05) is 37.7 Å². The van der Waals surface area contributed by atoms with Gasteiger partial charge in [-0.3, -0.25) is 9.59 Å². The van der Waals surface area contributed by atoms with Crippen LogP contribution in [0.1, 0.15) is 16.8 Å². The van der Waals surface area contributed by atoms with E-state index in [2.05, 4.69) is 15.3 Å². The molecule has 0 saturated carbocycles. The molecule has 2 heterocycles. The third-order valence-corrected chi connectivity index (χ3v) is 6.39. The maximum absolute atomic E-state index is 12.3. The molecule has 3 rings (SSSR count). The van der Waals surface area contributed by atoms with Gasteiger partial charge in [-0.25, -0.2) is 13.1 Å². The molecule has 1 saturated heterocycles. The second-order valence-corrected chi connectivity index (χ2v) is 9.16. The van der Waals surface area contributed by atoms with E-state index in [0.29, 0.717) is 30.9 Å². The highest BCUT2D eigenvalue weighted by atomic mass is 32.2. The fourth-order valence-electron chi connectivity index (χ4n) is 3.03. The summed E-state index contributed by atoms with van der Waals surface area (Å²) in [7, 11) is -1.26. The molecular formula is C19H24N4O4S. The summed E-state index contributed by atoms with van der Waals surface area (Å²) in [6.45, 7) is 2.44. The first-order valence-corrected chi connectivity index (χ1v) is 11.0. The average molecular weight is 404 g/mol. The van der Waals surface area contributed by atoms with Gasteiger partial charge in [0.05, 0.1) is 17.2 Å². The minimum Gasteiger partial charge on any atom is -0.352 e. The number of aryl methyl sites for hydroxylation is 1. The minimum absolute atomic E-state index is 0.152. The number of rotatable bonds is 6. The van der Waals surface area contributed by atoms with Crippen molar-refractivity contribution in [2.24, 2.45) is 7.05 Å². The van der Waals surface area contributed by atoms with Gasteiger partial charge in [-0.2, -0.15) is 5.10 Å². The third-order valence-electron chi connectivity index (χ3n) is 4.78. The van der Waals surface area contributed by atoms with Crippen molar-refractivity contribution in [3.8, 4) is 11.3 Å². The van der Waals surface area contributed by atoms with Crippen molar-refractivity contribution in [1.82, 2.24) is 20.0 Å². The second kappa shape index (κ2) is 8.66. The molecule has 0 aliphatic carbocycles. The molecule has 1 amide bonds. The van der Waals surface area contributed by atoms with E-state index in [-0.39, 0.29) is 23.0 Å². The summed E-state index contributed by atoms with van der Waals surface area (Å²) in [5.74, 6) is 0.285. The Labute approximate surface area is 164 Å². The molecule has 9 heteroatoms. The largest absolute Gasteiger partial charge is 0.352 e. The Morgan fingerprint density at radius 3 is 2.43 bits per heavy atom. The maximum atomic E-state index is 12.3. The van der Waals surface area contributed by atoms with Crippen LogP contribution in [0.15, 0.2) is 41.2 Å². The van der Waals surface area contributed by atoms with E-state index < -0.39 is 9.84 Å². The van der Waals surface area contributed by atoms with Crippen LogP contribution in [0, 0.1) is 0 Å². The Kier molecular flexibility index (Phi) is 6.25. The molecule has 0 atom stereocenters. The van der Waals surface area contributed by atoms with Crippen molar-refractivity contribution in [2.45, 2.75) is 6.42 Å². The molecule has 1 fully saturated rings. The van der Waals surface area contributed by atoms with Gasteiger partial charge < -0.3 is 10.2 Å². The molecule has 0 radical (unpaired) electrons. The van der Waals surface area contributed by atoms with Crippen LogP contribution in [-0.4, -0.2) is 66.7 Å². The van der Waals surface area contributed by atoms with Gasteiger partial charge in [0.25, 0.3) is 11.5 Å². The SMILES string of the molecule is Cn1nc(-c2ccc(C(=O)NCCCN3CCS(=O)(=O)CC3)cc2)ccc1=O. The fourth-order valence-corrected chi connectivity index (χ4v) is 4.31. The lowest BCUT2D eigenvalue weighted by molar-refractivity contribution is 0.0952. The molecule has 1 aliphatic heterocycles. The van der Waals surface area contributed by atoms with Crippen LogP contribution in [0.2, 0.25) is 0 Å². The zero-order chi connectivity index (χ0) is 20.1. The summed E-state index contributed by atoms with van der Waals surface area (Å²) in [5.41, 5.74) is 1.87. The third kappa shape index (κ3) is 5.26. The number of hydrogen-bond donors (Lipinski definition) is 1. The quantitative estimate of drug-likeness (QED) is 0.695. The lowest BCUT2D eigenvalue weighted by Gasteiger charge is -2.26. The van der Waals surface area contributed by atoms with Gasteiger partial charge in [0.1, 0.15) is 0 Å². The van der Waals surface area contributed by atoms with Crippen LogP contribution in [0.25, 0.3) is 11.3 Å². The van der Waals surface area contributed by atoms with E-state index >= 15 is 0 Å². The lowest BCUT2D eigenvalue weighted by atomic mass is 10.1. The van der Waals surface area contributed by atoms with Crippen molar-refractivity contribution >= 4 is 15.7 Å². The first-order chi connectivity index (χ1) is 13.3. The van der Waals surface area contributed by atoms with E-state index in [1.54, 1.807) is 37.4 Å². The summed E-state index contributed by atoms with van der Waals surface area (Å²) in [6, 6.07) is 10.2. The number of sulfone groups is 1. The highest BCUT2D eigenvalue weighted by Crippen LogP contribution is 2.16. The van der Waals surface area contributed by atoms with Crippen LogP contribution in [0.4, 0.5) is 0 Å². The molecule has 28 heavy (non-hydrogen) atoms. The summed E-state index contributed by atoms with van der Waals surface area (Å²) in [4.78, 5) is 25.8. The molecule has 0 spiro atoms. The Balaban J connectivity index is 1.47. The number of amides is 1. The van der Waals surface area contributed by atoms with Gasteiger partial charge in [0.2, 0.25) is 0 Å². The smallest absolute Gasteiger partial charge is 0.266 e. The first-order valence-electron chi connectivity index (χ1n) is 9.20. The molecule has 1 aromatic carbocycles. The van der Waals surface area contributed by atoms with Crippen LogP contribution < -0.4 is 10.9 Å². The summed E-state index contributed by atoms with van der Waals surface area (Å²) in [5, 5.41) is 7.08.